The van der Waals surface area contributed by atoms with E-state index in [-0.39, 0.29) is 6.04 Å². The Morgan fingerprint density at radius 2 is 2.20 bits per heavy atom. The molecule has 5 heteroatoms. The second-order valence-electron chi connectivity index (χ2n) is 4.74. The standard InChI is InChI=1S/C15H15Br2NOS/c1-2-18-14(11-8-13(16)20-15(11)17)10-3-4-12-9(7-10)5-6-19-12/h3-4,7-8,14,18H,2,5-6H2,1H3. The van der Waals surface area contributed by atoms with Gasteiger partial charge in [0, 0.05) is 6.42 Å². The summed E-state index contributed by atoms with van der Waals surface area (Å²) in [6, 6.07) is 8.93. The molecule has 0 fully saturated rings. The highest BCUT2D eigenvalue weighted by Crippen LogP contribution is 2.39. The maximum atomic E-state index is 5.59. The summed E-state index contributed by atoms with van der Waals surface area (Å²) in [7, 11) is 0. The summed E-state index contributed by atoms with van der Waals surface area (Å²) >= 11 is 8.95. The summed E-state index contributed by atoms with van der Waals surface area (Å²) < 4.78 is 7.91. The first kappa shape index (κ1) is 14.6. The summed E-state index contributed by atoms with van der Waals surface area (Å²) in [6.45, 7) is 3.87. The molecule has 0 spiro atoms. The van der Waals surface area contributed by atoms with Crippen molar-refractivity contribution in [1.29, 1.82) is 0 Å². The molecule has 2 heterocycles. The minimum atomic E-state index is 0.211. The van der Waals surface area contributed by atoms with Gasteiger partial charge in [-0.2, -0.15) is 0 Å². The molecule has 1 unspecified atom stereocenters. The number of hydrogen-bond donors (Lipinski definition) is 1. The van der Waals surface area contributed by atoms with Gasteiger partial charge < -0.3 is 10.1 Å². The van der Waals surface area contributed by atoms with E-state index in [1.165, 1.54) is 20.5 Å². The van der Waals surface area contributed by atoms with Crippen molar-refractivity contribution in [3.8, 4) is 5.75 Å². The molecule has 20 heavy (non-hydrogen) atoms. The van der Waals surface area contributed by atoms with Crippen molar-refractivity contribution in [1.82, 2.24) is 5.32 Å². The van der Waals surface area contributed by atoms with E-state index in [0.717, 1.165) is 29.1 Å². The van der Waals surface area contributed by atoms with E-state index in [9.17, 15) is 0 Å². The summed E-state index contributed by atoms with van der Waals surface area (Å²) in [6.07, 6.45) is 1.01. The molecule has 2 aromatic rings. The van der Waals surface area contributed by atoms with Crippen molar-refractivity contribution in [2.24, 2.45) is 0 Å². The van der Waals surface area contributed by atoms with Gasteiger partial charge >= 0.3 is 0 Å². The van der Waals surface area contributed by atoms with Crippen LogP contribution in [0.3, 0.4) is 0 Å². The van der Waals surface area contributed by atoms with E-state index in [1.807, 2.05) is 0 Å². The van der Waals surface area contributed by atoms with Gasteiger partial charge in [-0.15, -0.1) is 11.3 Å². The molecular weight excluding hydrogens is 402 g/mol. The second-order valence-corrected chi connectivity index (χ2v) is 8.49. The molecule has 2 nitrogen and oxygen atoms in total. The summed E-state index contributed by atoms with van der Waals surface area (Å²) in [5.41, 5.74) is 3.89. The van der Waals surface area contributed by atoms with Gasteiger partial charge in [-0.3, -0.25) is 0 Å². The molecule has 1 atom stereocenters. The van der Waals surface area contributed by atoms with E-state index in [2.05, 4.69) is 68.4 Å². The monoisotopic (exact) mass is 415 g/mol. The van der Waals surface area contributed by atoms with Crippen LogP contribution in [0.2, 0.25) is 0 Å². The van der Waals surface area contributed by atoms with Gasteiger partial charge in [0.15, 0.2) is 0 Å². The van der Waals surface area contributed by atoms with Gasteiger partial charge in [0.25, 0.3) is 0 Å². The van der Waals surface area contributed by atoms with Crippen LogP contribution in [0.4, 0.5) is 0 Å². The Bertz CT molecular complexity index is 626. The highest BCUT2D eigenvalue weighted by atomic mass is 79.9. The fourth-order valence-electron chi connectivity index (χ4n) is 2.55. The molecule has 106 valence electrons. The number of nitrogens with one attached hydrogen (secondary N) is 1. The van der Waals surface area contributed by atoms with Crippen LogP contribution in [0, 0.1) is 0 Å². The molecule has 0 bridgehead atoms. The van der Waals surface area contributed by atoms with Crippen molar-refractivity contribution in [3.63, 3.8) is 0 Å². The van der Waals surface area contributed by atoms with Crippen LogP contribution in [0.25, 0.3) is 0 Å². The van der Waals surface area contributed by atoms with Crippen LogP contribution >= 0.6 is 43.2 Å². The fraction of sp³-hybridized carbons (Fsp3) is 0.333. The Morgan fingerprint density at radius 1 is 1.35 bits per heavy atom. The van der Waals surface area contributed by atoms with E-state index in [1.54, 1.807) is 11.3 Å². The maximum Gasteiger partial charge on any atom is 0.122 e. The molecule has 0 saturated carbocycles. The highest BCUT2D eigenvalue weighted by molar-refractivity contribution is 9.12. The molecule has 1 aromatic heterocycles. The number of thiophene rings is 1. The molecular formula is C15H15Br2NOS. The third-order valence-corrected chi connectivity index (χ3v) is 5.83. The first-order chi connectivity index (χ1) is 9.69. The molecule has 0 amide bonds. The number of ether oxygens (including phenoxy) is 1. The van der Waals surface area contributed by atoms with Gasteiger partial charge in [0.2, 0.25) is 0 Å². The van der Waals surface area contributed by atoms with Crippen LogP contribution in [0.5, 0.6) is 5.75 Å². The van der Waals surface area contributed by atoms with Gasteiger partial charge in [0.1, 0.15) is 5.75 Å². The zero-order valence-electron chi connectivity index (χ0n) is 11.1. The Labute approximate surface area is 139 Å². The van der Waals surface area contributed by atoms with Gasteiger partial charge in [0.05, 0.1) is 20.2 Å². The molecule has 3 rings (SSSR count). The minimum absolute atomic E-state index is 0.211. The smallest absolute Gasteiger partial charge is 0.122 e. The zero-order chi connectivity index (χ0) is 14.1. The largest absolute Gasteiger partial charge is 0.493 e. The van der Waals surface area contributed by atoms with Gasteiger partial charge in [-0.05, 0) is 67.2 Å². The number of fused-ring (bicyclic) bond motifs is 1. The topological polar surface area (TPSA) is 21.3 Å². The van der Waals surface area contributed by atoms with Crippen LogP contribution < -0.4 is 10.1 Å². The predicted octanol–water partition coefficient (Wildman–Crippen LogP) is 4.91. The lowest BCUT2D eigenvalue weighted by Gasteiger charge is -2.19. The third kappa shape index (κ3) is 2.82. The first-order valence-electron chi connectivity index (χ1n) is 6.62. The Balaban J connectivity index is 2.00. The van der Waals surface area contributed by atoms with E-state index < -0.39 is 0 Å². The lowest BCUT2D eigenvalue weighted by Crippen LogP contribution is -2.21. The molecule has 0 aliphatic carbocycles. The highest BCUT2D eigenvalue weighted by Gasteiger charge is 2.21. The van der Waals surface area contributed by atoms with Crippen LogP contribution in [-0.4, -0.2) is 13.2 Å². The zero-order valence-corrected chi connectivity index (χ0v) is 15.1. The number of rotatable bonds is 4. The fourth-order valence-corrected chi connectivity index (χ4v) is 5.45. The molecule has 1 aliphatic heterocycles. The maximum absolute atomic E-state index is 5.59. The van der Waals surface area contributed by atoms with Crippen molar-refractivity contribution in [3.05, 3.63) is 48.5 Å². The van der Waals surface area contributed by atoms with E-state index >= 15 is 0 Å². The lowest BCUT2D eigenvalue weighted by atomic mass is 9.98. The van der Waals surface area contributed by atoms with Crippen LogP contribution in [0.1, 0.15) is 29.7 Å². The predicted molar refractivity (Wildman–Crippen MR) is 90.9 cm³/mol. The van der Waals surface area contributed by atoms with Crippen molar-refractivity contribution >= 4 is 43.2 Å². The van der Waals surface area contributed by atoms with E-state index in [4.69, 9.17) is 4.74 Å². The van der Waals surface area contributed by atoms with Crippen molar-refractivity contribution < 1.29 is 4.74 Å². The Hall–Kier alpha value is -0.360. The summed E-state index contributed by atoms with van der Waals surface area (Å²) in [5.74, 6) is 1.04. The molecule has 0 radical (unpaired) electrons. The minimum Gasteiger partial charge on any atom is -0.493 e. The Morgan fingerprint density at radius 3 is 2.90 bits per heavy atom. The molecule has 0 saturated heterocycles. The number of hydrogen-bond acceptors (Lipinski definition) is 3. The normalized spacial score (nSPS) is 14.9. The lowest BCUT2D eigenvalue weighted by molar-refractivity contribution is 0.357. The third-order valence-electron chi connectivity index (χ3n) is 3.45. The average molecular weight is 417 g/mol. The second kappa shape index (κ2) is 6.18. The van der Waals surface area contributed by atoms with Crippen LogP contribution in [0.15, 0.2) is 31.8 Å². The molecule has 1 aliphatic rings. The Kier molecular flexibility index (Phi) is 4.50. The average Bonchev–Trinajstić information content (AvgIpc) is 3.01. The quantitative estimate of drug-likeness (QED) is 0.764. The summed E-state index contributed by atoms with van der Waals surface area (Å²) in [4.78, 5) is 0. The number of halogens is 2. The van der Waals surface area contributed by atoms with Gasteiger partial charge in [-0.25, -0.2) is 0 Å². The van der Waals surface area contributed by atoms with Crippen molar-refractivity contribution in [2.75, 3.05) is 13.2 Å². The van der Waals surface area contributed by atoms with Crippen molar-refractivity contribution in [2.45, 2.75) is 19.4 Å². The number of benzene rings is 1. The molecule has 1 aromatic carbocycles. The molecule has 1 N–H and O–H groups in total. The first-order valence-corrected chi connectivity index (χ1v) is 9.03. The summed E-state index contributed by atoms with van der Waals surface area (Å²) in [5, 5.41) is 3.58. The van der Waals surface area contributed by atoms with E-state index in [0.29, 0.717) is 0 Å². The van der Waals surface area contributed by atoms with Gasteiger partial charge in [-0.1, -0.05) is 19.1 Å². The van der Waals surface area contributed by atoms with Crippen LogP contribution in [-0.2, 0) is 6.42 Å². The SMILES string of the molecule is CCNC(c1ccc2c(c1)CCO2)c1cc(Br)sc1Br.